The minimum absolute atomic E-state index is 0.284. The Hall–Kier alpha value is -1.29. The number of hydrogen-bond acceptors (Lipinski definition) is 2. The van der Waals surface area contributed by atoms with Gasteiger partial charge in [0.05, 0.1) is 5.56 Å². The molecular weight excluding hydrogens is 270 g/mol. The first-order chi connectivity index (χ1) is 7.58. The van der Waals surface area contributed by atoms with Crippen LogP contribution >= 0.6 is 15.9 Å². The van der Waals surface area contributed by atoms with Crippen LogP contribution in [0, 0.1) is 0 Å². The third-order valence-corrected chi connectivity index (χ3v) is 2.68. The van der Waals surface area contributed by atoms with Crippen molar-refractivity contribution >= 4 is 27.6 Å². The summed E-state index contributed by atoms with van der Waals surface area (Å²) in [5.74, 6) is -0.919. The van der Waals surface area contributed by atoms with E-state index in [1.165, 1.54) is 0 Å². The Balaban J connectivity index is 3.11. The van der Waals surface area contributed by atoms with Crippen molar-refractivity contribution in [2.75, 3.05) is 18.0 Å². The van der Waals surface area contributed by atoms with E-state index in [2.05, 4.69) is 22.5 Å². The summed E-state index contributed by atoms with van der Waals surface area (Å²) in [7, 11) is 0. The second-order valence-corrected chi connectivity index (χ2v) is 4.25. The lowest BCUT2D eigenvalue weighted by Crippen LogP contribution is -2.22. The monoisotopic (exact) mass is 283 g/mol. The van der Waals surface area contributed by atoms with Crippen LogP contribution in [0.15, 0.2) is 35.3 Å². The van der Waals surface area contributed by atoms with E-state index in [0.29, 0.717) is 6.54 Å². The third-order valence-electron chi connectivity index (χ3n) is 2.23. The van der Waals surface area contributed by atoms with Crippen LogP contribution in [0.25, 0.3) is 0 Å². The van der Waals surface area contributed by atoms with Crippen LogP contribution in [0.4, 0.5) is 5.69 Å². The average Bonchev–Trinajstić information content (AvgIpc) is 2.24. The molecule has 0 radical (unpaired) electrons. The van der Waals surface area contributed by atoms with Crippen molar-refractivity contribution < 1.29 is 9.90 Å². The predicted octanol–water partition coefficient (Wildman–Crippen LogP) is 3.16. The molecule has 3 nitrogen and oxygen atoms in total. The standard InChI is InChI=1S/C12H14BrNO2/c1-3-5-14(4-2)11-7-9(12(15)16)6-10(13)8-11/h3,6-8H,1,4-5H2,2H3,(H,15,16). The van der Waals surface area contributed by atoms with Crippen LogP contribution < -0.4 is 4.90 Å². The molecule has 1 N–H and O–H groups in total. The fourth-order valence-corrected chi connectivity index (χ4v) is 1.93. The van der Waals surface area contributed by atoms with Crippen molar-refractivity contribution in [3.63, 3.8) is 0 Å². The maximum Gasteiger partial charge on any atom is 0.335 e. The zero-order chi connectivity index (χ0) is 12.1. The fraction of sp³-hybridized carbons (Fsp3) is 0.250. The molecule has 0 unspecified atom stereocenters. The second kappa shape index (κ2) is 5.70. The Labute approximate surface area is 104 Å². The zero-order valence-corrected chi connectivity index (χ0v) is 10.7. The van der Waals surface area contributed by atoms with Gasteiger partial charge in [0.1, 0.15) is 0 Å². The summed E-state index contributed by atoms with van der Waals surface area (Å²) in [5.41, 5.74) is 1.17. The number of nitrogens with zero attached hydrogens (tertiary/aromatic N) is 1. The number of rotatable bonds is 5. The van der Waals surface area contributed by atoms with Gasteiger partial charge in [-0.25, -0.2) is 4.79 Å². The van der Waals surface area contributed by atoms with Gasteiger partial charge in [0.15, 0.2) is 0 Å². The zero-order valence-electron chi connectivity index (χ0n) is 9.11. The van der Waals surface area contributed by atoms with E-state index in [-0.39, 0.29) is 5.56 Å². The summed E-state index contributed by atoms with van der Waals surface area (Å²) in [6.45, 7) is 7.21. The van der Waals surface area contributed by atoms with Gasteiger partial charge in [-0.1, -0.05) is 22.0 Å². The van der Waals surface area contributed by atoms with E-state index in [1.807, 2.05) is 17.9 Å². The van der Waals surface area contributed by atoms with Gasteiger partial charge in [0.2, 0.25) is 0 Å². The van der Waals surface area contributed by atoms with E-state index in [9.17, 15) is 4.79 Å². The molecule has 0 aliphatic rings. The number of anilines is 1. The number of carboxylic acid groups (broad SMARTS) is 1. The lowest BCUT2D eigenvalue weighted by molar-refractivity contribution is 0.0697. The maximum atomic E-state index is 10.9. The quantitative estimate of drug-likeness (QED) is 0.844. The van der Waals surface area contributed by atoms with Gasteiger partial charge in [-0.3, -0.25) is 0 Å². The lowest BCUT2D eigenvalue weighted by Gasteiger charge is -2.21. The smallest absolute Gasteiger partial charge is 0.335 e. The molecule has 0 aromatic heterocycles. The van der Waals surface area contributed by atoms with Crippen LogP contribution in [-0.4, -0.2) is 24.2 Å². The van der Waals surface area contributed by atoms with Crippen LogP contribution in [0.3, 0.4) is 0 Å². The van der Waals surface area contributed by atoms with Crippen LogP contribution in [0.5, 0.6) is 0 Å². The SMILES string of the molecule is C=CCN(CC)c1cc(Br)cc(C(=O)O)c1. The molecule has 16 heavy (non-hydrogen) atoms. The van der Waals surface area contributed by atoms with E-state index >= 15 is 0 Å². The lowest BCUT2D eigenvalue weighted by atomic mass is 10.2. The summed E-state index contributed by atoms with van der Waals surface area (Å²) >= 11 is 3.31. The molecule has 1 aromatic rings. The van der Waals surface area contributed by atoms with Crippen molar-refractivity contribution in [2.45, 2.75) is 6.92 Å². The minimum atomic E-state index is -0.919. The van der Waals surface area contributed by atoms with Gasteiger partial charge in [0, 0.05) is 23.2 Å². The molecule has 0 amide bonds. The van der Waals surface area contributed by atoms with Crippen molar-refractivity contribution in [3.05, 3.63) is 40.9 Å². The van der Waals surface area contributed by atoms with Gasteiger partial charge >= 0.3 is 5.97 Å². The molecule has 0 bridgehead atoms. The third kappa shape index (κ3) is 3.10. The number of likely N-dealkylation sites (N-methyl/N-ethyl adjacent to an activating group) is 1. The van der Waals surface area contributed by atoms with Gasteiger partial charge in [-0.2, -0.15) is 0 Å². The van der Waals surface area contributed by atoms with Gasteiger partial charge in [0.25, 0.3) is 0 Å². The van der Waals surface area contributed by atoms with E-state index < -0.39 is 5.97 Å². The molecule has 1 rings (SSSR count). The Morgan fingerprint density at radius 1 is 1.56 bits per heavy atom. The maximum absolute atomic E-state index is 10.9. The van der Waals surface area contributed by atoms with E-state index in [4.69, 9.17) is 5.11 Å². The highest BCUT2D eigenvalue weighted by Gasteiger charge is 2.09. The number of benzene rings is 1. The van der Waals surface area contributed by atoms with E-state index in [0.717, 1.165) is 16.7 Å². The summed E-state index contributed by atoms with van der Waals surface area (Å²) in [4.78, 5) is 13.0. The van der Waals surface area contributed by atoms with Crippen LogP contribution in [-0.2, 0) is 0 Å². The van der Waals surface area contributed by atoms with E-state index in [1.54, 1.807) is 18.2 Å². The second-order valence-electron chi connectivity index (χ2n) is 3.33. The molecule has 4 heteroatoms. The first-order valence-corrected chi connectivity index (χ1v) is 5.77. The Bertz CT molecular complexity index is 404. The van der Waals surface area contributed by atoms with Crippen LogP contribution in [0.1, 0.15) is 17.3 Å². The highest BCUT2D eigenvalue weighted by atomic mass is 79.9. The molecule has 0 heterocycles. The molecule has 0 atom stereocenters. The first kappa shape index (κ1) is 12.8. The van der Waals surface area contributed by atoms with Gasteiger partial charge in [-0.15, -0.1) is 6.58 Å². The molecular formula is C12H14BrNO2. The van der Waals surface area contributed by atoms with Gasteiger partial charge < -0.3 is 10.0 Å². The summed E-state index contributed by atoms with van der Waals surface area (Å²) in [6, 6.07) is 5.16. The molecule has 1 aromatic carbocycles. The summed E-state index contributed by atoms with van der Waals surface area (Å²) < 4.78 is 0.768. The number of halogens is 1. The molecule has 0 fully saturated rings. The molecule has 0 aliphatic carbocycles. The highest BCUT2D eigenvalue weighted by Crippen LogP contribution is 2.23. The summed E-state index contributed by atoms with van der Waals surface area (Å²) in [5, 5.41) is 8.96. The first-order valence-electron chi connectivity index (χ1n) is 4.98. The molecule has 86 valence electrons. The largest absolute Gasteiger partial charge is 0.478 e. The molecule has 0 saturated carbocycles. The van der Waals surface area contributed by atoms with Crippen molar-refractivity contribution in [2.24, 2.45) is 0 Å². The Kier molecular flexibility index (Phi) is 4.55. The van der Waals surface area contributed by atoms with Gasteiger partial charge in [-0.05, 0) is 25.1 Å². The average molecular weight is 284 g/mol. The Morgan fingerprint density at radius 3 is 2.75 bits per heavy atom. The summed E-state index contributed by atoms with van der Waals surface area (Å²) in [6.07, 6.45) is 1.80. The van der Waals surface area contributed by atoms with Crippen LogP contribution in [0.2, 0.25) is 0 Å². The Morgan fingerprint density at radius 2 is 2.25 bits per heavy atom. The van der Waals surface area contributed by atoms with Crippen molar-refractivity contribution in [1.82, 2.24) is 0 Å². The normalized spacial score (nSPS) is 9.88. The minimum Gasteiger partial charge on any atom is -0.478 e. The number of carbonyl (C=O) groups is 1. The molecule has 0 saturated heterocycles. The van der Waals surface area contributed by atoms with Crippen molar-refractivity contribution in [1.29, 1.82) is 0 Å². The number of carboxylic acids is 1. The topological polar surface area (TPSA) is 40.5 Å². The van der Waals surface area contributed by atoms with Crippen molar-refractivity contribution in [3.8, 4) is 0 Å². The number of aromatic carboxylic acids is 1. The molecule has 0 aliphatic heterocycles. The highest BCUT2D eigenvalue weighted by molar-refractivity contribution is 9.10. The number of hydrogen-bond donors (Lipinski definition) is 1. The fourth-order valence-electron chi connectivity index (χ4n) is 1.45. The molecule has 0 spiro atoms. The predicted molar refractivity (Wildman–Crippen MR) is 69.2 cm³/mol.